The monoisotopic (exact) mass is 537 g/mol. The van der Waals surface area contributed by atoms with Crippen LogP contribution >= 0.6 is 0 Å². The van der Waals surface area contributed by atoms with Crippen LogP contribution in [0.2, 0.25) is 0 Å². The molecule has 2 aromatic carbocycles. The van der Waals surface area contributed by atoms with Crippen LogP contribution in [-0.4, -0.2) is 89.4 Å². The van der Waals surface area contributed by atoms with Crippen molar-refractivity contribution in [1.29, 1.82) is 0 Å². The molecule has 2 aliphatic rings. The van der Waals surface area contributed by atoms with Crippen LogP contribution in [0.1, 0.15) is 37.6 Å². The number of hydrogen-bond donors (Lipinski definition) is 2. The average Bonchev–Trinajstić information content (AvgIpc) is 2.95. The van der Waals surface area contributed by atoms with Crippen molar-refractivity contribution in [3.8, 4) is 5.75 Å². The van der Waals surface area contributed by atoms with Crippen LogP contribution in [0, 0.1) is 5.41 Å². The molecular weight excluding hydrogens is 494 g/mol. The van der Waals surface area contributed by atoms with Gasteiger partial charge in [-0.15, -0.1) is 0 Å². The minimum Gasteiger partial charge on any atom is -0.495 e. The molecule has 2 heterocycles. The van der Waals surface area contributed by atoms with Gasteiger partial charge in [0, 0.05) is 62.6 Å². The quantitative estimate of drug-likeness (QED) is 0.474. The standard InChI is InChI=1S/C30H43N5O4/c1-30(2,3)29(37)32-23-10-11-25(24(22-23)28(36)31-12-7-13-33-18-20-39-21-19-33)34-14-16-35(17-15-34)26-8-5-6-9-27(26)38-4/h5-6,8-11,22H,7,12-21H2,1-4H3,(H,31,36)(H,32,37). The van der Waals surface area contributed by atoms with Crippen LogP contribution in [-0.2, 0) is 9.53 Å². The first-order valence-corrected chi connectivity index (χ1v) is 13.9. The van der Waals surface area contributed by atoms with Gasteiger partial charge in [0.2, 0.25) is 5.91 Å². The highest BCUT2D eigenvalue weighted by atomic mass is 16.5. The van der Waals surface area contributed by atoms with Crippen molar-refractivity contribution in [2.75, 3.05) is 87.8 Å². The summed E-state index contributed by atoms with van der Waals surface area (Å²) in [4.78, 5) is 33.0. The number of carbonyl (C=O) groups is 2. The number of anilines is 3. The summed E-state index contributed by atoms with van der Waals surface area (Å²) in [5, 5.41) is 6.10. The van der Waals surface area contributed by atoms with E-state index >= 15 is 0 Å². The van der Waals surface area contributed by atoms with E-state index in [1.807, 2.05) is 57.2 Å². The summed E-state index contributed by atoms with van der Waals surface area (Å²) in [7, 11) is 1.70. The first kappa shape index (κ1) is 28.7. The molecule has 2 aromatic rings. The van der Waals surface area contributed by atoms with Crippen LogP contribution in [0.15, 0.2) is 42.5 Å². The van der Waals surface area contributed by atoms with Crippen LogP contribution in [0.3, 0.4) is 0 Å². The summed E-state index contributed by atoms with van der Waals surface area (Å²) in [6.07, 6.45) is 0.874. The molecule has 2 fully saturated rings. The van der Waals surface area contributed by atoms with Gasteiger partial charge in [0.25, 0.3) is 5.91 Å². The third kappa shape index (κ3) is 7.64. The number of benzene rings is 2. The maximum absolute atomic E-state index is 13.5. The number of nitrogens with one attached hydrogen (secondary N) is 2. The summed E-state index contributed by atoms with van der Waals surface area (Å²) in [6.45, 7) is 13.7. The van der Waals surface area contributed by atoms with E-state index in [4.69, 9.17) is 9.47 Å². The molecule has 2 amide bonds. The maximum atomic E-state index is 13.5. The summed E-state index contributed by atoms with van der Waals surface area (Å²) in [5.74, 6) is 0.658. The van der Waals surface area contributed by atoms with Gasteiger partial charge in [-0.05, 0) is 43.3 Å². The molecule has 0 unspecified atom stereocenters. The molecule has 0 spiro atoms. The number of carbonyl (C=O) groups excluding carboxylic acids is 2. The Morgan fingerprint density at radius 3 is 2.26 bits per heavy atom. The molecule has 0 saturated carbocycles. The van der Waals surface area contributed by atoms with Crippen molar-refractivity contribution >= 4 is 28.9 Å². The highest BCUT2D eigenvalue weighted by molar-refractivity contribution is 6.02. The molecule has 2 saturated heterocycles. The van der Waals surface area contributed by atoms with E-state index in [0.717, 1.165) is 82.6 Å². The molecule has 9 heteroatoms. The summed E-state index contributed by atoms with van der Waals surface area (Å²) in [6, 6.07) is 13.7. The number of methoxy groups -OCH3 is 1. The normalized spacial score (nSPS) is 16.6. The largest absolute Gasteiger partial charge is 0.495 e. The second-order valence-electron chi connectivity index (χ2n) is 11.1. The molecule has 0 aromatic heterocycles. The molecule has 212 valence electrons. The van der Waals surface area contributed by atoms with Gasteiger partial charge < -0.3 is 29.9 Å². The zero-order chi connectivity index (χ0) is 27.8. The number of piperazine rings is 1. The highest BCUT2D eigenvalue weighted by Crippen LogP contribution is 2.31. The van der Waals surface area contributed by atoms with Gasteiger partial charge in [-0.25, -0.2) is 0 Å². The SMILES string of the molecule is COc1ccccc1N1CCN(c2ccc(NC(=O)C(C)(C)C)cc2C(=O)NCCCN2CCOCC2)CC1. The molecule has 9 nitrogen and oxygen atoms in total. The lowest BCUT2D eigenvalue weighted by Crippen LogP contribution is -2.47. The Morgan fingerprint density at radius 1 is 0.923 bits per heavy atom. The molecule has 39 heavy (non-hydrogen) atoms. The lowest BCUT2D eigenvalue weighted by Gasteiger charge is -2.38. The first-order chi connectivity index (χ1) is 18.8. The molecule has 0 aliphatic carbocycles. The smallest absolute Gasteiger partial charge is 0.253 e. The average molecular weight is 538 g/mol. The Hall–Kier alpha value is -3.30. The van der Waals surface area contributed by atoms with E-state index in [-0.39, 0.29) is 11.8 Å². The Balaban J connectivity index is 1.45. The van der Waals surface area contributed by atoms with Crippen molar-refractivity contribution in [3.05, 3.63) is 48.0 Å². The first-order valence-electron chi connectivity index (χ1n) is 13.9. The molecular formula is C30H43N5O4. The van der Waals surface area contributed by atoms with E-state index in [9.17, 15) is 9.59 Å². The van der Waals surface area contributed by atoms with Crippen molar-refractivity contribution < 1.29 is 19.1 Å². The maximum Gasteiger partial charge on any atom is 0.253 e. The molecule has 2 N–H and O–H groups in total. The van der Waals surface area contributed by atoms with Crippen molar-refractivity contribution in [3.63, 3.8) is 0 Å². The fraction of sp³-hybridized carbons (Fsp3) is 0.533. The van der Waals surface area contributed by atoms with Gasteiger partial charge in [-0.3, -0.25) is 14.5 Å². The van der Waals surface area contributed by atoms with Gasteiger partial charge in [-0.2, -0.15) is 0 Å². The van der Waals surface area contributed by atoms with E-state index in [2.05, 4.69) is 31.4 Å². The van der Waals surface area contributed by atoms with Gasteiger partial charge >= 0.3 is 0 Å². The number of nitrogens with zero attached hydrogens (tertiary/aromatic N) is 3. The Bertz CT molecular complexity index is 1120. The number of hydrogen-bond acceptors (Lipinski definition) is 7. The fourth-order valence-electron chi connectivity index (χ4n) is 4.89. The van der Waals surface area contributed by atoms with Crippen LogP contribution in [0.4, 0.5) is 17.1 Å². The summed E-state index contributed by atoms with van der Waals surface area (Å²) >= 11 is 0. The Kier molecular flexibility index (Phi) is 9.69. The second-order valence-corrected chi connectivity index (χ2v) is 11.1. The predicted octanol–water partition coefficient (Wildman–Crippen LogP) is 3.46. The van der Waals surface area contributed by atoms with E-state index in [1.54, 1.807) is 7.11 Å². The van der Waals surface area contributed by atoms with Crippen molar-refractivity contribution in [1.82, 2.24) is 10.2 Å². The molecule has 4 rings (SSSR count). The molecule has 0 bridgehead atoms. The number of amides is 2. The lowest BCUT2D eigenvalue weighted by molar-refractivity contribution is -0.123. The third-order valence-corrected chi connectivity index (χ3v) is 7.27. The number of ether oxygens (including phenoxy) is 2. The summed E-state index contributed by atoms with van der Waals surface area (Å²) in [5.41, 5.74) is 2.64. The number of morpholine rings is 1. The van der Waals surface area contributed by atoms with Gasteiger partial charge in [0.1, 0.15) is 5.75 Å². The third-order valence-electron chi connectivity index (χ3n) is 7.27. The lowest BCUT2D eigenvalue weighted by atomic mass is 9.95. The van der Waals surface area contributed by atoms with Crippen LogP contribution < -0.4 is 25.2 Å². The van der Waals surface area contributed by atoms with Gasteiger partial charge in [0.15, 0.2) is 0 Å². The second kappa shape index (κ2) is 13.2. The zero-order valence-electron chi connectivity index (χ0n) is 23.8. The topological polar surface area (TPSA) is 86.4 Å². The van der Waals surface area contributed by atoms with Gasteiger partial charge in [0.05, 0.1) is 31.6 Å². The molecule has 2 aliphatic heterocycles. The number of para-hydroxylation sites is 2. The van der Waals surface area contributed by atoms with Gasteiger partial charge in [-0.1, -0.05) is 32.9 Å². The number of rotatable bonds is 9. The summed E-state index contributed by atoms with van der Waals surface area (Å²) < 4.78 is 11.0. The Labute approximate surface area is 232 Å². The minimum atomic E-state index is -0.532. The molecule has 0 atom stereocenters. The zero-order valence-corrected chi connectivity index (χ0v) is 23.8. The fourth-order valence-corrected chi connectivity index (χ4v) is 4.89. The minimum absolute atomic E-state index is 0.0856. The van der Waals surface area contributed by atoms with E-state index < -0.39 is 5.41 Å². The molecule has 0 radical (unpaired) electrons. The van der Waals surface area contributed by atoms with Crippen molar-refractivity contribution in [2.24, 2.45) is 5.41 Å². The van der Waals surface area contributed by atoms with E-state index in [0.29, 0.717) is 17.8 Å². The predicted molar refractivity (Wildman–Crippen MR) is 156 cm³/mol. The van der Waals surface area contributed by atoms with Crippen LogP contribution in [0.5, 0.6) is 5.75 Å². The van der Waals surface area contributed by atoms with Crippen LogP contribution in [0.25, 0.3) is 0 Å². The van der Waals surface area contributed by atoms with E-state index in [1.165, 1.54) is 0 Å². The Morgan fingerprint density at radius 2 is 1.59 bits per heavy atom. The van der Waals surface area contributed by atoms with Crippen molar-refractivity contribution in [2.45, 2.75) is 27.2 Å². The highest BCUT2D eigenvalue weighted by Gasteiger charge is 2.25.